The van der Waals surface area contributed by atoms with E-state index in [0.29, 0.717) is 11.6 Å². The first-order valence-electron chi connectivity index (χ1n) is 4.95. The first-order chi connectivity index (χ1) is 7.68. The Balaban J connectivity index is 2.25. The monoisotopic (exact) mass is 237 g/mol. The van der Waals surface area contributed by atoms with Gasteiger partial charge in [-0.2, -0.15) is 0 Å². The van der Waals surface area contributed by atoms with E-state index in [1.807, 2.05) is 0 Å². The Labute approximate surface area is 95.7 Å². The van der Waals surface area contributed by atoms with E-state index in [4.69, 9.17) is 16.7 Å². The molecule has 3 rings (SSSR count). The van der Waals surface area contributed by atoms with Gasteiger partial charge in [0.05, 0.1) is 5.56 Å². The molecule has 1 N–H and O–H groups in total. The highest BCUT2D eigenvalue weighted by Crippen LogP contribution is 2.39. The molecule has 0 aliphatic heterocycles. The van der Waals surface area contributed by atoms with E-state index in [1.54, 1.807) is 10.6 Å². The van der Waals surface area contributed by atoms with Gasteiger partial charge in [0, 0.05) is 12.1 Å². The Kier molecular flexibility index (Phi) is 1.91. The smallest absolute Gasteiger partial charge is 0.337 e. The second kappa shape index (κ2) is 3.18. The Morgan fingerprint density at radius 1 is 1.50 bits per heavy atom. The van der Waals surface area contributed by atoms with E-state index in [1.165, 1.54) is 6.07 Å². The molecule has 1 saturated carbocycles. The van der Waals surface area contributed by atoms with Crippen molar-refractivity contribution >= 4 is 23.2 Å². The molecule has 2 heterocycles. The summed E-state index contributed by atoms with van der Waals surface area (Å²) in [7, 11) is 0. The summed E-state index contributed by atoms with van der Waals surface area (Å²) in [5.74, 6) is 0.263. The Hall–Kier alpha value is -1.62. The molecular formula is C10H8ClN3O2. The highest BCUT2D eigenvalue weighted by atomic mass is 35.5. The van der Waals surface area contributed by atoms with Crippen LogP contribution in [0.4, 0.5) is 0 Å². The van der Waals surface area contributed by atoms with E-state index in [-0.39, 0.29) is 10.6 Å². The Morgan fingerprint density at radius 2 is 2.25 bits per heavy atom. The van der Waals surface area contributed by atoms with Gasteiger partial charge in [-0.25, -0.2) is 4.79 Å². The Bertz CT molecular complexity index is 589. The molecule has 0 saturated heterocycles. The van der Waals surface area contributed by atoms with Crippen LogP contribution in [-0.4, -0.2) is 25.7 Å². The van der Waals surface area contributed by atoms with Crippen LogP contribution in [0.1, 0.15) is 34.9 Å². The van der Waals surface area contributed by atoms with Crippen LogP contribution >= 0.6 is 11.6 Å². The predicted octanol–water partition coefficient (Wildman–Crippen LogP) is 1.96. The summed E-state index contributed by atoms with van der Waals surface area (Å²) in [6.07, 6.45) is 3.89. The zero-order valence-corrected chi connectivity index (χ0v) is 8.98. The topological polar surface area (TPSA) is 67.5 Å². The molecule has 0 spiro atoms. The largest absolute Gasteiger partial charge is 0.478 e. The Morgan fingerprint density at radius 3 is 2.88 bits per heavy atom. The van der Waals surface area contributed by atoms with E-state index in [0.717, 1.165) is 18.7 Å². The molecule has 1 fully saturated rings. The lowest BCUT2D eigenvalue weighted by Crippen LogP contribution is -2.01. The summed E-state index contributed by atoms with van der Waals surface area (Å²) >= 11 is 5.97. The number of halogens is 1. The first-order valence-corrected chi connectivity index (χ1v) is 5.32. The molecule has 82 valence electrons. The third-order valence-corrected chi connectivity index (χ3v) is 3.09. The molecule has 2 aromatic heterocycles. The summed E-state index contributed by atoms with van der Waals surface area (Å²) in [6.45, 7) is 0. The van der Waals surface area contributed by atoms with E-state index < -0.39 is 5.97 Å². The zero-order chi connectivity index (χ0) is 11.3. The van der Waals surface area contributed by atoms with E-state index in [9.17, 15) is 4.79 Å². The van der Waals surface area contributed by atoms with Gasteiger partial charge in [-0.3, -0.25) is 4.40 Å². The average Bonchev–Trinajstić information content (AvgIpc) is 2.99. The second-order valence-corrected chi connectivity index (χ2v) is 4.25. The maximum atomic E-state index is 10.9. The van der Waals surface area contributed by atoms with E-state index >= 15 is 0 Å². The highest BCUT2D eigenvalue weighted by Gasteiger charge is 2.29. The van der Waals surface area contributed by atoms with Crippen LogP contribution < -0.4 is 0 Å². The van der Waals surface area contributed by atoms with Gasteiger partial charge in [-0.1, -0.05) is 11.6 Å². The van der Waals surface area contributed by atoms with Crippen molar-refractivity contribution < 1.29 is 9.90 Å². The molecular weight excluding hydrogens is 230 g/mol. The van der Waals surface area contributed by atoms with Gasteiger partial charge >= 0.3 is 5.97 Å². The van der Waals surface area contributed by atoms with Crippen molar-refractivity contribution in [3.63, 3.8) is 0 Å². The van der Waals surface area contributed by atoms with Crippen LogP contribution in [0, 0.1) is 0 Å². The highest BCUT2D eigenvalue weighted by molar-refractivity contribution is 6.36. The minimum absolute atomic E-state index is 0.0592. The lowest BCUT2D eigenvalue weighted by atomic mass is 10.2. The maximum Gasteiger partial charge on any atom is 0.337 e. The molecule has 1 aliphatic rings. The number of hydrogen-bond donors (Lipinski definition) is 1. The number of hydrogen-bond acceptors (Lipinski definition) is 3. The fourth-order valence-electron chi connectivity index (χ4n) is 1.73. The van der Waals surface area contributed by atoms with Crippen molar-refractivity contribution in [3.05, 3.63) is 28.7 Å². The van der Waals surface area contributed by atoms with E-state index in [2.05, 4.69) is 10.2 Å². The normalized spacial score (nSPS) is 15.6. The average molecular weight is 238 g/mol. The van der Waals surface area contributed by atoms with Gasteiger partial charge in [0.1, 0.15) is 10.8 Å². The van der Waals surface area contributed by atoms with Crippen LogP contribution in [0.3, 0.4) is 0 Å². The minimum Gasteiger partial charge on any atom is -0.478 e. The lowest BCUT2D eigenvalue weighted by molar-refractivity contribution is 0.0697. The summed E-state index contributed by atoms with van der Waals surface area (Å²) in [5, 5.41) is 17.1. The number of aromatic nitrogens is 3. The summed E-state index contributed by atoms with van der Waals surface area (Å²) in [6, 6.07) is 1.48. The molecule has 6 heteroatoms. The second-order valence-electron chi connectivity index (χ2n) is 3.87. The van der Waals surface area contributed by atoms with Crippen molar-refractivity contribution in [1.29, 1.82) is 0 Å². The fourth-order valence-corrected chi connectivity index (χ4v) is 2.00. The van der Waals surface area contributed by atoms with Gasteiger partial charge in [0.25, 0.3) is 0 Å². The quantitative estimate of drug-likeness (QED) is 0.867. The molecule has 1 aliphatic carbocycles. The van der Waals surface area contributed by atoms with Crippen LogP contribution in [-0.2, 0) is 0 Å². The van der Waals surface area contributed by atoms with Crippen molar-refractivity contribution in [2.24, 2.45) is 0 Å². The molecule has 0 unspecified atom stereocenters. The van der Waals surface area contributed by atoms with Crippen LogP contribution in [0.25, 0.3) is 5.65 Å². The number of carboxylic acid groups (broad SMARTS) is 1. The predicted molar refractivity (Wildman–Crippen MR) is 56.9 cm³/mol. The van der Waals surface area contributed by atoms with Gasteiger partial charge in [0.15, 0.2) is 5.65 Å². The first kappa shape index (κ1) is 9.59. The van der Waals surface area contributed by atoms with Crippen LogP contribution in [0.15, 0.2) is 12.3 Å². The molecule has 2 aromatic rings. The van der Waals surface area contributed by atoms with Crippen molar-refractivity contribution in [2.45, 2.75) is 18.8 Å². The molecule has 0 amide bonds. The summed E-state index contributed by atoms with van der Waals surface area (Å²) in [5.41, 5.74) is 0.479. The van der Waals surface area contributed by atoms with Crippen LogP contribution in [0.2, 0.25) is 5.02 Å². The maximum absolute atomic E-state index is 10.9. The molecule has 5 nitrogen and oxygen atoms in total. The standard InChI is InChI=1S/C10H8ClN3O2/c11-7-6(10(15)16)3-4-14-8(5-1-2-5)12-13-9(7)14/h3-5H,1-2H2,(H,15,16). The van der Waals surface area contributed by atoms with Gasteiger partial charge in [-0.15, -0.1) is 10.2 Å². The number of nitrogens with zero attached hydrogens (tertiary/aromatic N) is 3. The molecule has 0 bridgehead atoms. The third kappa shape index (κ3) is 1.28. The van der Waals surface area contributed by atoms with Crippen molar-refractivity contribution in [1.82, 2.24) is 14.6 Å². The van der Waals surface area contributed by atoms with Crippen molar-refractivity contribution in [2.75, 3.05) is 0 Å². The van der Waals surface area contributed by atoms with Gasteiger partial charge in [-0.05, 0) is 18.9 Å². The molecule has 0 atom stereocenters. The number of aromatic carboxylic acids is 1. The molecule has 0 radical (unpaired) electrons. The lowest BCUT2D eigenvalue weighted by Gasteiger charge is -2.01. The number of fused-ring (bicyclic) bond motifs is 1. The number of pyridine rings is 1. The van der Waals surface area contributed by atoms with Crippen LogP contribution in [0.5, 0.6) is 0 Å². The minimum atomic E-state index is -1.05. The number of carboxylic acids is 1. The van der Waals surface area contributed by atoms with Gasteiger partial charge in [0.2, 0.25) is 0 Å². The fraction of sp³-hybridized carbons (Fsp3) is 0.300. The number of rotatable bonds is 2. The summed E-state index contributed by atoms with van der Waals surface area (Å²) < 4.78 is 1.77. The molecule has 16 heavy (non-hydrogen) atoms. The SMILES string of the molecule is O=C(O)c1ccn2c(C3CC3)nnc2c1Cl. The van der Waals surface area contributed by atoms with Gasteiger partial charge < -0.3 is 5.11 Å². The van der Waals surface area contributed by atoms with Crippen molar-refractivity contribution in [3.8, 4) is 0 Å². The third-order valence-electron chi connectivity index (χ3n) is 2.72. The summed E-state index contributed by atoms with van der Waals surface area (Å²) in [4.78, 5) is 10.9. The zero-order valence-electron chi connectivity index (χ0n) is 8.22. The molecule has 0 aromatic carbocycles. The number of carbonyl (C=O) groups is 1.